The molecule has 0 aliphatic heterocycles. The third kappa shape index (κ3) is 2.96. The van der Waals surface area contributed by atoms with Crippen LogP contribution in [0.15, 0.2) is 42.9 Å². The summed E-state index contributed by atoms with van der Waals surface area (Å²) in [4.78, 5) is 12.0. The Hall–Kier alpha value is -3.83. The standard InChI is InChI=1S/C24H18F5N7/c1-22(2)13-6-8-23(22,17-7-9-30-21(32-17)36-11-31-20(35-36)24(27,28)29)19-12(13)10-16(33-34-19)18-14(25)4-3-5-15(18)26/h3-5,7,9-11,13H,6,8H2,1-2H3/t13-,23+/m0/s1. The molecule has 6 rings (SSSR count). The van der Waals surface area contributed by atoms with Crippen LogP contribution >= 0.6 is 0 Å². The van der Waals surface area contributed by atoms with Gasteiger partial charge in [0.25, 0.3) is 11.8 Å². The molecular formula is C24H18F5N7. The number of hydrogen-bond acceptors (Lipinski definition) is 6. The quantitative estimate of drug-likeness (QED) is 0.369. The first kappa shape index (κ1) is 22.6. The number of hydrogen-bond donors (Lipinski definition) is 0. The monoisotopic (exact) mass is 499 g/mol. The zero-order chi connectivity index (χ0) is 25.5. The normalized spacial score (nSPS) is 22.1. The first-order chi connectivity index (χ1) is 17.0. The van der Waals surface area contributed by atoms with Gasteiger partial charge in [0.2, 0.25) is 0 Å². The van der Waals surface area contributed by atoms with Crippen molar-refractivity contribution < 1.29 is 22.0 Å². The first-order valence-electron chi connectivity index (χ1n) is 11.2. The maximum atomic E-state index is 14.4. The summed E-state index contributed by atoms with van der Waals surface area (Å²) in [6.07, 6.45) is -0.885. The molecule has 1 aromatic carbocycles. The van der Waals surface area contributed by atoms with E-state index in [1.165, 1.54) is 24.4 Å². The summed E-state index contributed by atoms with van der Waals surface area (Å²) in [5, 5.41) is 12.1. The average Bonchev–Trinajstić information content (AvgIpc) is 3.48. The van der Waals surface area contributed by atoms with Crippen molar-refractivity contribution in [1.29, 1.82) is 0 Å². The highest BCUT2D eigenvalue weighted by Gasteiger charge is 2.65. The second-order valence-electron chi connectivity index (χ2n) is 9.60. The lowest BCUT2D eigenvalue weighted by Gasteiger charge is -2.37. The molecule has 184 valence electrons. The number of rotatable bonds is 3. The first-order valence-corrected chi connectivity index (χ1v) is 11.2. The summed E-state index contributed by atoms with van der Waals surface area (Å²) in [7, 11) is 0. The molecule has 2 bridgehead atoms. The molecule has 0 radical (unpaired) electrons. The topological polar surface area (TPSA) is 82.3 Å². The Morgan fingerprint density at radius 1 is 1.03 bits per heavy atom. The van der Waals surface area contributed by atoms with Crippen LogP contribution in [0.1, 0.15) is 55.4 Å². The molecule has 2 aliphatic carbocycles. The van der Waals surface area contributed by atoms with Gasteiger partial charge in [0, 0.05) is 6.20 Å². The largest absolute Gasteiger partial charge is 0.453 e. The highest BCUT2D eigenvalue weighted by Crippen LogP contribution is 2.69. The summed E-state index contributed by atoms with van der Waals surface area (Å²) in [5.41, 5.74) is 0.760. The van der Waals surface area contributed by atoms with E-state index in [2.05, 4.69) is 44.1 Å². The molecule has 36 heavy (non-hydrogen) atoms. The van der Waals surface area contributed by atoms with Crippen molar-refractivity contribution in [3.05, 3.63) is 77.3 Å². The fraction of sp³-hybridized carbons (Fsp3) is 0.333. The van der Waals surface area contributed by atoms with E-state index >= 15 is 0 Å². The molecule has 1 fully saturated rings. The number of aromatic nitrogens is 7. The number of benzene rings is 1. The zero-order valence-corrected chi connectivity index (χ0v) is 19.1. The zero-order valence-electron chi connectivity index (χ0n) is 19.1. The molecule has 0 saturated heterocycles. The lowest BCUT2D eigenvalue weighted by atomic mass is 9.66. The van der Waals surface area contributed by atoms with Crippen molar-refractivity contribution in [1.82, 2.24) is 34.9 Å². The van der Waals surface area contributed by atoms with E-state index in [0.717, 1.165) is 23.0 Å². The van der Waals surface area contributed by atoms with Crippen LogP contribution in [0.4, 0.5) is 22.0 Å². The van der Waals surface area contributed by atoms with Gasteiger partial charge in [-0.05, 0) is 54.0 Å². The molecule has 0 N–H and O–H groups in total. The maximum absolute atomic E-state index is 14.4. The van der Waals surface area contributed by atoms with Crippen molar-refractivity contribution in [3.8, 4) is 17.2 Å². The van der Waals surface area contributed by atoms with Crippen molar-refractivity contribution in [3.63, 3.8) is 0 Å². The Balaban J connectivity index is 1.48. The molecule has 2 aliphatic rings. The number of alkyl halides is 3. The van der Waals surface area contributed by atoms with Gasteiger partial charge in [0.05, 0.1) is 28.1 Å². The van der Waals surface area contributed by atoms with E-state index < -0.39 is 34.5 Å². The Morgan fingerprint density at radius 3 is 2.47 bits per heavy atom. The van der Waals surface area contributed by atoms with Crippen molar-refractivity contribution in [2.24, 2.45) is 5.41 Å². The molecule has 1 saturated carbocycles. The van der Waals surface area contributed by atoms with Crippen LogP contribution in [-0.4, -0.2) is 34.9 Å². The Bertz CT molecular complexity index is 1490. The van der Waals surface area contributed by atoms with E-state index in [0.29, 0.717) is 17.8 Å². The van der Waals surface area contributed by atoms with Gasteiger partial charge in [0.1, 0.15) is 18.0 Å². The fourth-order valence-electron chi connectivity index (χ4n) is 5.94. The molecule has 3 aromatic heterocycles. The van der Waals surface area contributed by atoms with Crippen LogP contribution in [0, 0.1) is 17.0 Å². The predicted molar refractivity (Wildman–Crippen MR) is 116 cm³/mol. The van der Waals surface area contributed by atoms with Crippen LogP contribution in [0.3, 0.4) is 0 Å². The minimum atomic E-state index is -4.70. The van der Waals surface area contributed by atoms with Crippen LogP contribution in [0.5, 0.6) is 0 Å². The number of nitrogens with zero attached hydrogens (tertiary/aromatic N) is 7. The van der Waals surface area contributed by atoms with Crippen LogP contribution < -0.4 is 0 Å². The van der Waals surface area contributed by atoms with E-state index in [1.54, 1.807) is 12.1 Å². The number of halogens is 5. The summed E-state index contributed by atoms with van der Waals surface area (Å²) < 4.78 is 68.7. The Kier molecular flexibility index (Phi) is 4.61. The number of fused-ring (bicyclic) bond motifs is 5. The molecule has 0 amide bonds. The van der Waals surface area contributed by atoms with Crippen LogP contribution in [0.2, 0.25) is 0 Å². The minimum absolute atomic E-state index is 0.0122. The SMILES string of the molecule is CC1(C)[C@H]2CC[C@@]1(c1ccnc(-n3cnc(C(F)(F)F)n3)n1)c1nnc(-c3c(F)cccc3F)cc12. The summed E-state index contributed by atoms with van der Waals surface area (Å²) in [6.45, 7) is 4.13. The average molecular weight is 499 g/mol. The second-order valence-corrected chi connectivity index (χ2v) is 9.60. The lowest BCUT2D eigenvalue weighted by molar-refractivity contribution is -0.144. The van der Waals surface area contributed by atoms with Crippen LogP contribution in [0.25, 0.3) is 17.2 Å². The van der Waals surface area contributed by atoms with Gasteiger partial charge in [-0.25, -0.2) is 23.7 Å². The van der Waals surface area contributed by atoms with E-state index in [9.17, 15) is 22.0 Å². The van der Waals surface area contributed by atoms with Crippen molar-refractivity contribution in [2.75, 3.05) is 0 Å². The van der Waals surface area contributed by atoms with E-state index in [4.69, 9.17) is 0 Å². The summed E-state index contributed by atoms with van der Waals surface area (Å²) in [6, 6.07) is 7.01. The highest BCUT2D eigenvalue weighted by molar-refractivity contribution is 5.64. The van der Waals surface area contributed by atoms with Gasteiger partial charge in [-0.15, -0.1) is 10.2 Å². The predicted octanol–water partition coefficient (Wildman–Crippen LogP) is 5.01. The second kappa shape index (κ2) is 7.34. The minimum Gasteiger partial charge on any atom is -0.220 e. The van der Waals surface area contributed by atoms with Gasteiger partial charge in [-0.3, -0.25) is 0 Å². The third-order valence-electron chi connectivity index (χ3n) is 7.63. The van der Waals surface area contributed by atoms with Gasteiger partial charge in [-0.2, -0.15) is 23.0 Å². The van der Waals surface area contributed by atoms with Crippen molar-refractivity contribution in [2.45, 2.75) is 44.2 Å². The maximum Gasteiger partial charge on any atom is 0.453 e. The molecule has 0 spiro atoms. The molecule has 4 aromatic rings. The third-order valence-corrected chi connectivity index (χ3v) is 7.63. The molecule has 12 heteroatoms. The Morgan fingerprint density at radius 2 is 1.78 bits per heavy atom. The molecule has 3 heterocycles. The summed E-state index contributed by atoms with van der Waals surface area (Å²) >= 11 is 0. The highest BCUT2D eigenvalue weighted by atomic mass is 19.4. The van der Waals surface area contributed by atoms with E-state index in [1.807, 2.05) is 0 Å². The molecular weight excluding hydrogens is 481 g/mol. The van der Waals surface area contributed by atoms with E-state index in [-0.39, 0.29) is 23.1 Å². The van der Waals surface area contributed by atoms with Gasteiger partial charge >= 0.3 is 6.18 Å². The summed E-state index contributed by atoms with van der Waals surface area (Å²) in [5.74, 6) is -2.80. The van der Waals surface area contributed by atoms with Gasteiger partial charge < -0.3 is 0 Å². The molecule has 7 nitrogen and oxygen atoms in total. The molecule has 2 atom stereocenters. The Labute approximate surface area is 201 Å². The smallest absolute Gasteiger partial charge is 0.220 e. The fourth-order valence-corrected chi connectivity index (χ4v) is 5.94. The van der Waals surface area contributed by atoms with Crippen LogP contribution in [-0.2, 0) is 11.6 Å². The lowest BCUT2D eigenvalue weighted by Crippen LogP contribution is -2.38. The molecule has 0 unspecified atom stereocenters. The van der Waals surface area contributed by atoms with Crippen molar-refractivity contribution >= 4 is 0 Å². The van der Waals surface area contributed by atoms with Gasteiger partial charge in [0.15, 0.2) is 0 Å². The van der Waals surface area contributed by atoms with Gasteiger partial charge in [-0.1, -0.05) is 19.9 Å².